The van der Waals surface area contributed by atoms with Crippen molar-refractivity contribution in [1.82, 2.24) is 5.32 Å². The minimum Gasteiger partial charge on any atom is -0.378 e. The Morgan fingerprint density at radius 2 is 2.12 bits per heavy atom. The first-order valence-electron chi connectivity index (χ1n) is 6.76. The molecule has 3 nitrogen and oxygen atoms in total. The molecule has 2 fully saturated rings. The average molecular weight is 227 g/mol. The highest BCUT2D eigenvalue weighted by Crippen LogP contribution is 2.33. The topological polar surface area (TPSA) is 30.5 Å². The van der Waals surface area contributed by atoms with Gasteiger partial charge in [-0.3, -0.25) is 0 Å². The van der Waals surface area contributed by atoms with E-state index in [4.69, 9.17) is 9.47 Å². The highest BCUT2D eigenvalue weighted by Gasteiger charge is 2.41. The predicted octanol–water partition coefficient (Wildman–Crippen LogP) is 2.10. The smallest absolute Gasteiger partial charge is 0.0951 e. The minimum absolute atomic E-state index is 0.0436. The van der Waals surface area contributed by atoms with Gasteiger partial charge >= 0.3 is 0 Å². The number of rotatable bonds is 4. The number of hydrogen-bond donors (Lipinski definition) is 1. The van der Waals surface area contributed by atoms with Crippen molar-refractivity contribution in [2.75, 3.05) is 19.8 Å². The highest BCUT2D eigenvalue weighted by atomic mass is 16.6. The molecule has 2 rings (SSSR count). The van der Waals surface area contributed by atoms with Gasteiger partial charge < -0.3 is 14.8 Å². The highest BCUT2D eigenvalue weighted by molar-refractivity contribution is 4.93. The summed E-state index contributed by atoms with van der Waals surface area (Å²) < 4.78 is 11.4. The molecule has 2 heterocycles. The van der Waals surface area contributed by atoms with Crippen LogP contribution in [0.25, 0.3) is 0 Å². The first kappa shape index (κ1) is 12.3. The van der Waals surface area contributed by atoms with Gasteiger partial charge in [0.1, 0.15) is 0 Å². The Bertz CT molecular complexity index is 210. The first-order valence-corrected chi connectivity index (χ1v) is 6.76. The molecular formula is C13H25NO2. The molecule has 0 bridgehead atoms. The average Bonchev–Trinajstić information content (AvgIpc) is 2.74. The summed E-state index contributed by atoms with van der Waals surface area (Å²) in [7, 11) is 0. The molecule has 1 spiro atoms. The van der Waals surface area contributed by atoms with E-state index in [-0.39, 0.29) is 5.60 Å². The van der Waals surface area contributed by atoms with Crippen molar-refractivity contribution in [3.63, 3.8) is 0 Å². The summed E-state index contributed by atoms with van der Waals surface area (Å²) in [6.07, 6.45) is 5.80. The van der Waals surface area contributed by atoms with E-state index in [9.17, 15) is 0 Å². The van der Waals surface area contributed by atoms with E-state index < -0.39 is 0 Å². The van der Waals surface area contributed by atoms with Crippen LogP contribution >= 0.6 is 0 Å². The Morgan fingerprint density at radius 1 is 1.31 bits per heavy atom. The van der Waals surface area contributed by atoms with Gasteiger partial charge in [-0.25, -0.2) is 0 Å². The summed E-state index contributed by atoms with van der Waals surface area (Å²) in [5.41, 5.74) is 0.0436. The molecule has 0 aromatic carbocycles. The van der Waals surface area contributed by atoms with Gasteiger partial charge in [-0.15, -0.1) is 0 Å². The summed E-state index contributed by atoms with van der Waals surface area (Å²) in [4.78, 5) is 0. The van der Waals surface area contributed by atoms with Crippen molar-refractivity contribution in [3.05, 3.63) is 0 Å². The molecule has 2 saturated heterocycles. The predicted molar refractivity (Wildman–Crippen MR) is 64.6 cm³/mol. The number of hydrogen-bond acceptors (Lipinski definition) is 3. The van der Waals surface area contributed by atoms with Crippen LogP contribution < -0.4 is 5.32 Å². The van der Waals surface area contributed by atoms with Crippen LogP contribution in [-0.2, 0) is 9.47 Å². The molecule has 0 aromatic rings. The number of nitrogens with one attached hydrogen (secondary N) is 1. The molecule has 94 valence electrons. The third-order valence-corrected chi connectivity index (χ3v) is 4.02. The van der Waals surface area contributed by atoms with Gasteiger partial charge in [-0.05, 0) is 25.7 Å². The standard InChI is InChI=1S/C13H25NO2/c1-3-11(4-2)14-12-5-7-16-13(9-12)6-8-15-10-13/h11-12,14H,3-10H2,1-2H3. The molecule has 0 aliphatic carbocycles. The molecule has 16 heavy (non-hydrogen) atoms. The van der Waals surface area contributed by atoms with Crippen molar-refractivity contribution in [1.29, 1.82) is 0 Å². The SMILES string of the molecule is CCC(CC)NC1CCOC2(CCOC2)C1. The zero-order chi connectivity index (χ0) is 11.4. The zero-order valence-corrected chi connectivity index (χ0v) is 10.6. The monoisotopic (exact) mass is 227 g/mol. The minimum atomic E-state index is 0.0436. The summed E-state index contributed by atoms with van der Waals surface area (Å²) in [5.74, 6) is 0. The largest absolute Gasteiger partial charge is 0.378 e. The van der Waals surface area contributed by atoms with Crippen molar-refractivity contribution in [2.45, 2.75) is 63.6 Å². The third-order valence-electron chi connectivity index (χ3n) is 4.02. The molecule has 2 unspecified atom stereocenters. The second kappa shape index (κ2) is 5.48. The molecule has 0 aromatic heterocycles. The molecule has 2 aliphatic rings. The second-order valence-corrected chi connectivity index (χ2v) is 5.20. The van der Waals surface area contributed by atoms with Crippen LogP contribution in [0.3, 0.4) is 0 Å². The van der Waals surface area contributed by atoms with Crippen LogP contribution in [0, 0.1) is 0 Å². The fraction of sp³-hybridized carbons (Fsp3) is 1.00. The Labute approximate surface area is 98.9 Å². The van der Waals surface area contributed by atoms with Gasteiger partial charge in [-0.2, -0.15) is 0 Å². The maximum atomic E-state index is 5.94. The van der Waals surface area contributed by atoms with Crippen molar-refractivity contribution in [2.24, 2.45) is 0 Å². The van der Waals surface area contributed by atoms with E-state index in [0.717, 1.165) is 39.1 Å². The quantitative estimate of drug-likeness (QED) is 0.798. The molecular weight excluding hydrogens is 202 g/mol. The van der Waals surface area contributed by atoms with E-state index in [1.54, 1.807) is 0 Å². The van der Waals surface area contributed by atoms with Crippen LogP contribution in [0.2, 0.25) is 0 Å². The Morgan fingerprint density at radius 3 is 2.75 bits per heavy atom. The summed E-state index contributed by atoms with van der Waals surface area (Å²) in [6, 6.07) is 1.29. The van der Waals surface area contributed by atoms with Crippen LogP contribution in [0.1, 0.15) is 46.0 Å². The Kier molecular flexibility index (Phi) is 4.22. The molecule has 1 N–H and O–H groups in total. The zero-order valence-electron chi connectivity index (χ0n) is 10.6. The number of ether oxygens (including phenoxy) is 2. The van der Waals surface area contributed by atoms with Crippen molar-refractivity contribution < 1.29 is 9.47 Å². The van der Waals surface area contributed by atoms with E-state index in [1.165, 1.54) is 12.8 Å². The lowest BCUT2D eigenvalue weighted by atomic mass is 9.89. The fourth-order valence-corrected chi connectivity index (χ4v) is 2.89. The van der Waals surface area contributed by atoms with Gasteiger partial charge in [0.15, 0.2) is 0 Å². The molecule has 0 saturated carbocycles. The summed E-state index contributed by atoms with van der Waals surface area (Å²) >= 11 is 0. The van der Waals surface area contributed by atoms with Crippen molar-refractivity contribution in [3.8, 4) is 0 Å². The van der Waals surface area contributed by atoms with E-state index in [2.05, 4.69) is 19.2 Å². The van der Waals surface area contributed by atoms with Gasteiger partial charge in [0.25, 0.3) is 0 Å². The molecule has 0 radical (unpaired) electrons. The molecule has 2 aliphatic heterocycles. The van der Waals surface area contributed by atoms with E-state index in [1.807, 2.05) is 0 Å². The summed E-state index contributed by atoms with van der Waals surface area (Å²) in [5, 5.41) is 3.77. The van der Waals surface area contributed by atoms with Crippen LogP contribution in [0.15, 0.2) is 0 Å². The molecule has 3 heteroatoms. The Hall–Kier alpha value is -0.120. The van der Waals surface area contributed by atoms with E-state index in [0.29, 0.717) is 12.1 Å². The molecule has 2 atom stereocenters. The van der Waals surface area contributed by atoms with Gasteiger partial charge in [0, 0.05) is 31.7 Å². The lowest BCUT2D eigenvalue weighted by Crippen LogP contribution is -2.49. The maximum Gasteiger partial charge on any atom is 0.0951 e. The van der Waals surface area contributed by atoms with Gasteiger partial charge in [0.05, 0.1) is 12.2 Å². The fourth-order valence-electron chi connectivity index (χ4n) is 2.89. The third kappa shape index (κ3) is 2.76. The first-order chi connectivity index (χ1) is 7.78. The van der Waals surface area contributed by atoms with Crippen molar-refractivity contribution >= 4 is 0 Å². The van der Waals surface area contributed by atoms with Gasteiger partial charge in [0.2, 0.25) is 0 Å². The lowest BCUT2D eigenvalue weighted by molar-refractivity contribution is -0.0904. The normalized spacial score (nSPS) is 35.1. The molecule has 0 amide bonds. The van der Waals surface area contributed by atoms with Gasteiger partial charge in [-0.1, -0.05) is 13.8 Å². The van der Waals surface area contributed by atoms with E-state index >= 15 is 0 Å². The van der Waals surface area contributed by atoms with Crippen LogP contribution in [0.5, 0.6) is 0 Å². The lowest BCUT2D eigenvalue weighted by Gasteiger charge is -2.38. The Balaban J connectivity index is 1.86. The second-order valence-electron chi connectivity index (χ2n) is 5.20. The van der Waals surface area contributed by atoms with Crippen LogP contribution in [0.4, 0.5) is 0 Å². The maximum absolute atomic E-state index is 5.94. The van der Waals surface area contributed by atoms with Crippen LogP contribution in [-0.4, -0.2) is 37.5 Å². The summed E-state index contributed by atoms with van der Waals surface area (Å²) in [6.45, 7) is 7.08.